The highest BCUT2D eigenvalue weighted by Crippen LogP contribution is 2.52. The van der Waals surface area contributed by atoms with Gasteiger partial charge >= 0.3 is 0 Å². The van der Waals surface area contributed by atoms with Crippen molar-refractivity contribution in [1.29, 1.82) is 0 Å². The largest absolute Gasteiger partial charge is 0.364 e. The molecule has 1 aromatic carbocycles. The summed E-state index contributed by atoms with van der Waals surface area (Å²) in [5, 5.41) is 0. The van der Waals surface area contributed by atoms with Gasteiger partial charge in [0.1, 0.15) is 11.4 Å². The summed E-state index contributed by atoms with van der Waals surface area (Å²) >= 11 is 0. The molecule has 1 fully saturated rings. The first-order chi connectivity index (χ1) is 6.46. The fourth-order valence-electron chi connectivity index (χ4n) is 1.82. The van der Waals surface area contributed by atoms with E-state index >= 15 is 0 Å². The van der Waals surface area contributed by atoms with Gasteiger partial charge < -0.3 is 4.74 Å². The predicted octanol–water partition coefficient (Wildman–Crippen LogP) is 3.10. The average molecular weight is 194 g/mol. The minimum atomic E-state index is -0.196. The molecule has 1 heterocycles. The van der Waals surface area contributed by atoms with Crippen molar-refractivity contribution >= 4 is 0 Å². The van der Waals surface area contributed by atoms with Gasteiger partial charge in [-0.15, -0.1) is 0 Å². The summed E-state index contributed by atoms with van der Waals surface area (Å²) in [4.78, 5) is 0. The molecule has 1 aliphatic heterocycles. The average Bonchev–Trinajstić information content (AvgIpc) is 2.84. The smallest absolute Gasteiger partial charge is 0.123 e. The standard InChI is InChI=1S/C12H15FO/c1-11(2,3)12(8-14-12)9-4-6-10(13)7-5-9/h4-7H,8H2,1-3H3. The van der Waals surface area contributed by atoms with Crippen LogP contribution in [0.2, 0.25) is 0 Å². The number of hydrogen-bond donors (Lipinski definition) is 0. The second-order valence-corrected chi connectivity index (χ2v) is 4.87. The lowest BCUT2D eigenvalue weighted by Gasteiger charge is -2.27. The van der Waals surface area contributed by atoms with Crippen LogP contribution in [-0.2, 0) is 10.3 Å². The lowest BCUT2D eigenvalue weighted by Crippen LogP contribution is -2.27. The fourth-order valence-corrected chi connectivity index (χ4v) is 1.82. The van der Waals surface area contributed by atoms with Crippen LogP contribution in [0.1, 0.15) is 26.3 Å². The van der Waals surface area contributed by atoms with Crippen molar-refractivity contribution in [2.24, 2.45) is 5.41 Å². The molecule has 0 aromatic heterocycles. The van der Waals surface area contributed by atoms with Crippen LogP contribution < -0.4 is 0 Å². The Bertz CT molecular complexity index is 330. The topological polar surface area (TPSA) is 12.5 Å². The number of epoxide rings is 1. The Morgan fingerprint density at radius 2 is 1.71 bits per heavy atom. The van der Waals surface area contributed by atoms with E-state index in [4.69, 9.17) is 4.74 Å². The Kier molecular flexibility index (Phi) is 1.93. The maximum atomic E-state index is 12.8. The van der Waals surface area contributed by atoms with Gasteiger partial charge in [-0.3, -0.25) is 0 Å². The molecule has 0 radical (unpaired) electrons. The number of benzene rings is 1. The van der Waals surface area contributed by atoms with Crippen molar-refractivity contribution in [3.05, 3.63) is 35.6 Å². The molecular formula is C12H15FO. The Morgan fingerprint density at radius 3 is 2.07 bits per heavy atom. The first kappa shape index (κ1) is 9.66. The molecule has 0 N–H and O–H groups in total. The minimum absolute atomic E-state index is 0.0603. The molecule has 0 saturated carbocycles. The van der Waals surface area contributed by atoms with Crippen LogP contribution in [0.15, 0.2) is 24.3 Å². The molecule has 0 bridgehead atoms. The Balaban J connectivity index is 2.36. The first-order valence-electron chi connectivity index (χ1n) is 4.86. The number of ether oxygens (including phenoxy) is 1. The van der Waals surface area contributed by atoms with Crippen molar-refractivity contribution in [1.82, 2.24) is 0 Å². The van der Waals surface area contributed by atoms with Crippen LogP contribution in [0.4, 0.5) is 4.39 Å². The van der Waals surface area contributed by atoms with E-state index in [1.54, 1.807) is 0 Å². The minimum Gasteiger partial charge on any atom is -0.364 e. The van der Waals surface area contributed by atoms with Gasteiger partial charge in [0, 0.05) is 0 Å². The molecule has 0 aliphatic carbocycles. The van der Waals surface area contributed by atoms with Crippen LogP contribution in [0, 0.1) is 11.2 Å². The van der Waals surface area contributed by atoms with Crippen LogP contribution in [0.5, 0.6) is 0 Å². The molecule has 1 saturated heterocycles. The summed E-state index contributed by atoms with van der Waals surface area (Å²) < 4.78 is 18.3. The van der Waals surface area contributed by atoms with Crippen LogP contribution in [0.3, 0.4) is 0 Å². The number of rotatable bonds is 1. The molecule has 2 rings (SSSR count). The Morgan fingerprint density at radius 1 is 1.21 bits per heavy atom. The van der Waals surface area contributed by atoms with Gasteiger partial charge in [0.2, 0.25) is 0 Å². The molecule has 76 valence electrons. The molecule has 1 nitrogen and oxygen atoms in total. The first-order valence-corrected chi connectivity index (χ1v) is 4.86. The van der Waals surface area contributed by atoms with Gasteiger partial charge in [0.05, 0.1) is 6.61 Å². The molecule has 1 aromatic rings. The van der Waals surface area contributed by atoms with Crippen molar-refractivity contribution in [2.45, 2.75) is 26.4 Å². The van der Waals surface area contributed by atoms with Crippen LogP contribution in [-0.4, -0.2) is 6.61 Å². The van der Waals surface area contributed by atoms with Crippen molar-refractivity contribution in [3.8, 4) is 0 Å². The van der Waals surface area contributed by atoms with E-state index < -0.39 is 0 Å². The SMILES string of the molecule is CC(C)(C)C1(c2ccc(F)cc2)CO1. The molecule has 1 unspecified atom stereocenters. The van der Waals surface area contributed by atoms with Gasteiger partial charge in [0.15, 0.2) is 0 Å². The van der Waals surface area contributed by atoms with E-state index in [0.29, 0.717) is 0 Å². The van der Waals surface area contributed by atoms with E-state index in [1.165, 1.54) is 12.1 Å². The number of halogens is 1. The summed E-state index contributed by atoms with van der Waals surface area (Å²) in [5.41, 5.74) is 0.942. The monoisotopic (exact) mass is 194 g/mol. The summed E-state index contributed by atoms with van der Waals surface area (Å²) in [5.74, 6) is -0.196. The van der Waals surface area contributed by atoms with Crippen molar-refractivity contribution < 1.29 is 9.13 Å². The van der Waals surface area contributed by atoms with Gasteiger partial charge in [0.25, 0.3) is 0 Å². The van der Waals surface area contributed by atoms with E-state index in [9.17, 15) is 4.39 Å². The summed E-state index contributed by atoms with van der Waals surface area (Å²) in [6, 6.07) is 6.61. The van der Waals surface area contributed by atoms with Gasteiger partial charge in [-0.2, -0.15) is 0 Å². The second kappa shape index (κ2) is 2.80. The van der Waals surface area contributed by atoms with Crippen molar-refractivity contribution in [2.75, 3.05) is 6.61 Å². The normalized spacial score (nSPS) is 26.3. The maximum Gasteiger partial charge on any atom is 0.123 e. The third kappa shape index (κ3) is 1.34. The summed E-state index contributed by atoms with van der Waals surface area (Å²) in [6.07, 6.45) is 0. The fraction of sp³-hybridized carbons (Fsp3) is 0.500. The van der Waals surface area contributed by atoms with Gasteiger partial charge in [-0.1, -0.05) is 32.9 Å². The highest BCUT2D eigenvalue weighted by Gasteiger charge is 2.55. The van der Waals surface area contributed by atoms with Crippen molar-refractivity contribution in [3.63, 3.8) is 0 Å². The summed E-state index contributed by atoms with van der Waals surface area (Å²) in [6.45, 7) is 7.16. The van der Waals surface area contributed by atoms with Crippen LogP contribution >= 0.6 is 0 Å². The predicted molar refractivity (Wildman–Crippen MR) is 53.5 cm³/mol. The zero-order chi connectivity index (χ0) is 10.4. The molecule has 1 aliphatic rings. The molecule has 1 atom stereocenters. The highest BCUT2D eigenvalue weighted by atomic mass is 19.1. The van der Waals surface area contributed by atoms with E-state index in [0.717, 1.165) is 12.2 Å². The third-order valence-corrected chi connectivity index (χ3v) is 2.96. The molecule has 0 spiro atoms. The van der Waals surface area contributed by atoms with E-state index in [1.807, 2.05) is 12.1 Å². The quantitative estimate of drug-likeness (QED) is 0.626. The third-order valence-electron chi connectivity index (χ3n) is 2.96. The second-order valence-electron chi connectivity index (χ2n) is 4.87. The molecule has 14 heavy (non-hydrogen) atoms. The summed E-state index contributed by atoms with van der Waals surface area (Å²) in [7, 11) is 0. The number of hydrogen-bond acceptors (Lipinski definition) is 1. The molecule has 0 amide bonds. The zero-order valence-corrected chi connectivity index (χ0v) is 8.80. The zero-order valence-electron chi connectivity index (χ0n) is 8.80. The lowest BCUT2D eigenvalue weighted by molar-refractivity contribution is 0.155. The lowest BCUT2D eigenvalue weighted by atomic mass is 9.76. The Labute approximate surface area is 83.9 Å². The van der Waals surface area contributed by atoms with Crippen LogP contribution in [0.25, 0.3) is 0 Å². The Hall–Kier alpha value is -0.890. The van der Waals surface area contributed by atoms with E-state index in [-0.39, 0.29) is 16.8 Å². The molecule has 2 heteroatoms. The molecular weight excluding hydrogens is 179 g/mol. The van der Waals surface area contributed by atoms with Gasteiger partial charge in [-0.25, -0.2) is 4.39 Å². The van der Waals surface area contributed by atoms with Gasteiger partial charge in [-0.05, 0) is 23.1 Å². The maximum absolute atomic E-state index is 12.8. The van der Waals surface area contributed by atoms with E-state index in [2.05, 4.69) is 20.8 Å². The highest BCUT2D eigenvalue weighted by molar-refractivity contribution is 5.29.